The van der Waals surface area contributed by atoms with E-state index in [1.54, 1.807) is 31.4 Å². The van der Waals surface area contributed by atoms with Crippen molar-refractivity contribution in [1.29, 1.82) is 0 Å². The molecule has 1 heterocycles. The highest BCUT2D eigenvalue weighted by Gasteiger charge is 2.10. The molecule has 4 nitrogen and oxygen atoms in total. The van der Waals surface area contributed by atoms with Gasteiger partial charge in [-0.15, -0.1) is 11.3 Å². The maximum atomic E-state index is 12.2. The van der Waals surface area contributed by atoms with Gasteiger partial charge in [-0.25, -0.2) is 4.98 Å². The second-order valence-electron chi connectivity index (χ2n) is 5.09. The van der Waals surface area contributed by atoms with E-state index in [-0.39, 0.29) is 5.91 Å². The van der Waals surface area contributed by atoms with Crippen LogP contribution in [0, 0.1) is 6.92 Å². The summed E-state index contributed by atoms with van der Waals surface area (Å²) in [7, 11) is 1.59. The third kappa shape index (κ3) is 3.57. The highest BCUT2D eigenvalue weighted by Crippen LogP contribution is 2.25. The molecule has 2 aromatic carbocycles. The predicted octanol–water partition coefficient (Wildman–Crippen LogP) is 4.38. The number of methoxy groups -OCH3 is 1. The zero-order valence-electron chi connectivity index (χ0n) is 12.9. The molecule has 5 heteroatoms. The number of anilines is 1. The van der Waals surface area contributed by atoms with E-state index in [1.807, 2.05) is 36.6 Å². The largest absolute Gasteiger partial charge is 0.497 e. The molecule has 0 unspecified atom stereocenters. The van der Waals surface area contributed by atoms with Gasteiger partial charge in [0.05, 0.1) is 12.8 Å². The molecule has 0 atom stereocenters. The topological polar surface area (TPSA) is 51.2 Å². The van der Waals surface area contributed by atoms with Gasteiger partial charge in [-0.3, -0.25) is 10.1 Å². The molecule has 0 saturated carbocycles. The fourth-order valence-electron chi connectivity index (χ4n) is 2.10. The Bertz CT molecular complexity index is 808. The van der Waals surface area contributed by atoms with Crippen molar-refractivity contribution < 1.29 is 9.53 Å². The van der Waals surface area contributed by atoms with Crippen molar-refractivity contribution in [3.05, 3.63) is 65.0 Å². The highest BCUT2D eigenvalue weighted by atomic mass is 32.1. The number of amides is 1. The lowest BCUT2D eigenvalue weighted by atomic mass is 10.1. The van der Waals surface area contributed by atoms with Crippen LogP contribution >= 0.6 is 11.3 Å². The summed E-state index contributed by atoms with van der Waals surface area (Å²) in [5, 5.41) is 5.35. The number of nitrogens with zero attached hydrogens (tertiary/aromatic N) is 1. The summed E-state index contributed by atoms with van der Waals surface area (Å²) in [5.41, 5.74) is 3.67. The quantitative estimate of drug-likeness (QED) is 0.775. The molecule has 0 spiro atoms. The number of carbonyl (C=O) groups is 1. The van der Waals surface area contributed by atoms with Crippen LogP contribution in [0.5, 0.6) is 5.75 Å². The number of thiazole rings is 1. The first-order chi connectivity index (χ1) is 11.2. The SMILES string of the molecule is COc1ccc(C(=O)Nc2nc(-c3ccc(C)cc3)cs2)cc1. The Kier molecular flexibility index (Phi) is 4.39. The Labute approximate surface area is 138 Å². The Morgan fingerprint density at radius 2 is 1.78 bits per heavy atom. The predicted molar refractivity (Wildman–Crippen MR) is 93.2 cm³/mol. The molecule has 0 bridgehead atoms. The minimum absolute atomic E-state index is 0.183. The number of nitrogens with one attached hydrogen (secondary N) is 1. The first kappa shape index (κ1) is 15.2. The van der Waals surface area contributed by atoms with Gasteiger partial charge in [-0.1, -0.05) is 29.8 Å². The second kappa shape index (κ2) is 6.62. The van der Waals surface area contributed by atoms with Crippen LogP contribution in [-0.4, -0.2) is 18.0 Å². The molecule has 3 rings (SSSR count). The average Bonchev–Trinajstić information content (AvgIpc) is 3.04. The van der Waals surface area contributed by atoms with E-state index in [0.717, 1.165) is 17.0 Å². The van der Waals surface area contributed by atoms with Gasteiger partial charge < -0.3 is 4.74 Å². The number of aryl methyl sites for hydroxylation is 1. The number of benzene rings is 2. The zero-order chi connectivity index (χ0) is 16.2. The van der Waals surface area contributed by atoms with Crippen LogP contribution in [0.25, 0.3) is 11.3 Å². The van der Waals surface area contributed by atoms with Gasteiger partial charge in [-0.05, 0) is 31.2 Å². The van der Waals surface area contributed by atoms with Crippen molar-refractivity contribution in [3.63, 3.8) is 0 Å². The maximum absolute atomic E-state index is 12.2. The second-order valence-corrected chi connectivity index (χ2v) is 5.94. The summed E-state index contributed by atoms with van der Waals surface area (Å²) < 4.78 is 5.09. The van der Waals surface area contributed by atoms with Crippen LogP contribution in [0.3, 0.4) is 0 Å². The summed E-state index contributed by atoms with van der Waals surface area (Å²) in [6.45, 7) is 2.05. The van der Waals surface area contributed by atoms with Crippen molar-refractivity contribution in [2.45, 2.75) is 6.92 Å². The van der Waals surface area contributed by atoms with E-state index < -0.39 is 0 Å². The molecule has 0 fully saturated rings. The number of hydrogen-bond acceptors (Lipinski definition) is 4. The van der Waals surface area contributed by atoms with Gasteiger partial charge in [0.25, 0.3) is 5.91 Å². The molecule has 0 saturated heterocycles. The standard InChI is InChI=1S/C18H16N2O2S/c1-12-3-5-13(6-4-12)16-11-23-18(19-16)20-17(21)14-7-9-15(22-2)10-8-14/h3-11H,1-2H3,(H,19,20,21). The normalized spacial score (nSPS) is 10.3. The molecule has 0 aliphatic heterocycles. The molecule has 3 aromatic rings. The number of ether oxygens (including phenoxy) is 1. The first-order valence-corrected chi connectivity index (χ1v) is 8.01. The van der Waals surface area contributed by atoms with E-state index >= 15 is 0 Å². The van der Waals surface area contributed by atoms with Gasteiger partial charge >= 0.3 is 0 Å². The molecule has 1 amide bonds. The molecule has 1 aromatic heterocycles. The lowest BCUT2D eigenvalue weighted by Gasteiger charge is -2.03. The fraction of sp³-hybridized carbons (Fsp3) is 0.111. The number of aromatic nitrogens is 1. The Morgan fingerprint density at radius 3 is 2.43 bits per heavy atom. The smallest absolute Gasteiger partial charge is 0.257 e. The summed E-state index contributed by atoms with van der Waals surface area (Å²) in [6, 6.07) is 15.1. The molecule has 1 N–H and O–H groups in total. The summed E-state index contributed by atoms with van der Waals surface area (Å²) in [4.78, 5) is 16.7. The van der Waals surface area contributed by atoms with Crippen molar-refractivity contribution in [1.82, 2.24) is 4.98 Å². The lowest BCUT2D eigenvalue weighted by molar-refractivity contribution is 0.102. The molecule has 23 heavy (non-hydrogen) atoms. The van der Waals surface area contributed by atoms with Crippen molar-refractivity contribution in [3.8, 4) is 17.0 Å². The molecule has 116 valence electrons. The minimum atomic E-state index is -0.183. The molecule has 0 radical (unpaired) electrons. The van der Waals surface area contributed by atoms with Gasteiger partial charge in [0.1, 0.15) is 5.75 Å². The van der Waals surface area contributed by atoms with E-state index in [0.29, 0.717) is 10.7 Å². The lowest BCUT2D eigenvalue weighted by Crippen LogP contribution is -2.11. The van der Waals surface area contributed by atoms with Crippen LogP contribution in [0.15, 0.2) is 53.9 Å². The molecular weight excluding hydrogens is 308 g/mol. The van der Waals surface area contributed by atoms with Crippen LogP contribution < -0.4 is 10.1 Å². The van der Waals surface area contributed by atoms with Crippen LogP contribution in [0.4, 0.5) is 5.13 Å². The Hall–Kier alpha value is -2.66. The fourth-order valence-corrected chi connectivity index (χ4v) is 2.81. The summed E-state index contributed by atoms with van der Waals surface area (Å²) >= 11 is 1.41. The molecule has 0 aliphatic carbocycles. The van der Waals surface area contributed by atoms with Crippen LogP contribution in [0.2, 0.25) is 0 Å². The van der Waals surface area contributed by atoms with Gasteiger partial charge in [0, 0.05) is 16.5 Å². The summed E-state index contributed by atoms with van der Waals surface area (Å²) in [5.74, 6) is 0.537. The van der Waals surface area contributed by atoms with Crippen LogP contribution in [-0.2, 0) is 0 Å². The van der Waals surface area contributed by atoms with E-state index in [9.17, 15) is 4.79 Å². The van der Waals surface area contributed by atoms with E-state index in [1.165, 1.54) is 16.9 Å². The summed E-state index contributed by atoms with van der Waals surface area (Å²) in [6.07, 6.45) is 0. The minimum Gasteiger partial charge on any atom is -0.497 e. The Morgan fingerprint density at radius 1 is 1.09 bits per heavy atom. The monoisotopic (exact) mass is 324 g/mol. The maximum Gasteiger partial charge on any atom is 0.257 e. The van der Waals surface area contributed by atoms with Gasteiger partial charge in [0.15, 0.2) is 5.13 Å². The van der Waals surface area contributed by atoms with Crippen molar-refractivity contribution in [2.24, 2.45) is 0 Å². The number of hydrogen-bond donors (Lipinski definition) is 1. The van der Waals surface area contributed by atoms with E-state index in [4.69, 9.17) is 4.74 Å². The van der Waals surface area contributed by atoms with Gasteiger partial charge in [0.2, 0.25) is 0 Å². The average molecular weight is 324 g/mol. The third-order valence-corrected chi connectivity index (χ3v) is 4.18. The van der Waals surface area contributed by atoms with Crippen molar-refractivity contribution >= 4 is 22.4 Å². The van der Waals surface area contributed by atoms with Gasteiger partial charge in [-0.2, -0.15) is 0 Å². The zero-order valence-corrected chi connectivity index (χ0v) is 13.7. The molecular formula is C18H16N2O2S. The number of rotatable bonds is 4. The first-order valence-electron chi connectivity index (χ1n) is 7.13. The van der Waals surface area contributed by atoms with Crippen molar-refractivity contribution in [2.75, 3.05) is 12.4 Å². The van der Waals surface area contributed by atoms with Crippen LogP contribution in [0.1, 0.15) is 15.9 Å². The highest BCUT2D eigenvalue weighted by molar-refractivity contribution is 7.14. The number of carbonyl (C=O) groups excluding carboxylic acids is 1. The third-order valence-electron chi connectivity index (χ3n) is 3.42. The molecule has 0 aliphatic rings. The van der Waals surface area contributed by atoms with E-state index in [2.05, 4.69) is 10.3 Å². The Balaban J connectivity index is 1.73.